The highest BCUT2D eigenvalue weighted by Gasteiger charge is 2.55. The molecular weight excluding hydrogens is 430 g/mol. The topological polar surface area (TPSA) is 86.1 Å². The third kappa shape index (κ3) is 4.64. The van der Waals surface area contributed by atoms with Gasteiger partial charge >= 0.3 is 6.09 Å². The Hall–Kier alpha value is -2.64. The smallest absolute Gasteiger partial charge is 0.407 e. The summed E-state index contributed by atoms with van der Waals surface area (Å²) in [5, 5.41) is 21.5. The minimum Gasteiger partial charge on any atom is -0.492 e. The van der Waals surface area contributed by atoms with Gasteiger partial charge in [-0.1, -0.05) is 45.0 Å². The lowest BCUT2D eigenvalue weighted by Crippen LogP contribution is -2.63. The summed E-state index contributed by atoms with van der Waals surface area (Å²) in [7, 11) is 2.07. The van der Waals surface area contributed by atoms with Crippen molar-refractivity contribution in [2.75, 3.05) is 39.8 Å². The van der Waals surface area contributed by atoms with Gasteiger partial charge in [0.25, 0.3) is 0 Å². The largest absolute Gasteiger partial charge is 0.492 e. The number of rotatable bonds is 7. The van der Waals surface area contributed by atoms with E-state index in [9.17, 15) is 9.90 Å². The highest BCUT2D eigenvalue weighted by Crippen LogP contribution is 2.50. The lowest BCUT2D eigenvalue weighted by molar-refractivity contribution is -0.127. The highest BCUT2D eigenvalue weighted by molar-refractivity contribution is 5.65. The van der Waals surface area contributed by atoms with Crippen LogP contribution in [0.25, 0.3) is 0 Å². The number of hydrogen-bond acceptors (Lipinski definition) is 5. The number of hydrogen-bond donors (Lipinski definition) is 2. The molecule has 1 amide bonds. The lowest BCUT2D eigenvalue weighted by atomic mass is 9.62. The van der Waals surface area contributed by atoms with Crippen LogP contribution in [0.1, 0.15) is 56.2 Å². The molecule has 2 fully saturated rings. The number of pyridine rings is 1. The third-order valence-corrected chi connectivity index (χ3v) is 7.61. The minimum absolute atomic E-state index is 0.305. The Balaban J connectivity index is 1.56. The molecular formula is C27H37N3O4. The average molecular weight is 468 g/mol. The van der Waals surface area contributed by atoms with Crippen molar-refractivity contribution in [2.45, 2.75) is 45.1 Å². The Labute approximate surface area is 202 Å². The van der Waals surface area contributed by atoms with Gasteiger partial charge in [-0.05, 0) is 48.9 Å². The molecule has 2 saturated heterocycles. The van der Waals surface area contributed by atoms with E-state index in [-0.39, 0.29) is 5.41 Å². The zero-order valence-electron chi connectivity index (χ0n) is 20.7. The van der Waals surface area contributed by atoms with Crippen LogP contribution in [-0.2, 0) is 5.60 Å². The van der Waals surface area contributed by atoms with Crippen LogP contribution in [0.2, 0.25) is 0 Å². The van der Waals surface area contributed by atoms with Gasteiger partial charge in [0.15, 0.2) is 0 Å². The lowest BCUT2D eigenvalue weighted by Gasteiger charge is -2.55. The Morgan fingerprint density at radius 3 is 2.38 bits per heavy atom. The van der Waals surface area contributed by atoms with E-state index in [1.54, 1.807) is 12.4 Å². The molecule has 1 aromatic carbocycles. The number of carboxylic acid groups (broad SMARTS) is 1. The molecule has 0 bridgehead atoms. The molecule has 184 valence electrons. The number of amides is 1. The van der Waals surface area contributed by atoms with Crippen molar-refractivity contribution in [3.63, 3.8) is 0 Å². The highest BCUT2D eigenvalue weighted by atomic mass is 16.5. The van der Waals surface area contributed by atoms with Crippen LogP contribution in [0.15, 0.2) is 42.7 Å². The second-order valence-electron chi connectivity index (χ2n) is 10.7. The van der Waals surface area contributed by atoms with Gasteiger partial charge in [-0.25, -0.2) is 4.79 Å². The second-order valence-corrected chi connectivity index (χ2v) is 10.7. The van der Waals surface area contributed by atoms with E-state index in [4.69, 9.17) is 9.84 Å². The Morgan fingerprint density at radius 1 is 1.18 bits per heavy atom. The molecule has 4 rings (SSSR count). The molecule has 1 atom stereocenters. The summed E-state index contributed by atoms with van der Waals surface area (Å²) >= 11 is 0. The van der Waals surface area contributed by atoms with E-state index in [0.717, 1.165) is 37.1 Å². The van der Waals surface area contributed by atoms with Crippen LogP contribution in [0.4, 0.5) is 4.79 Å². The van der Waals surface area contributed by atoms with Crippen LogP contribution in [0, 0.1) is 11.3 Å². The van der Waals surface area contributed by atoms with E-state index < -0.39 is 11.7 Å². The number of ether oxygens (including phenoxy) is 1. The molecule has 7 nitrogen and oxygen atoms in total. The molecule has 2 aliphatic heterocycles. The first-order chi connectivity index (χ1) is 16.1. The molecule has 0 saturated carbocycles. The van der Waals surface area contributed by atoms with Gasteiger partial charge in [-0.2, -0.15) is 0 Å². The van der Waals surface area contributed by atoms with E-state index in [0.29, 0.717) is 37.3 Å². The van der Waals surface area contributed by atoms with Crippen LogP contribution in [0.3, 0.4) is 0 Å². The predicted molar refractivity (Wildman–Crippen MR) is 131 cm³/mol. The molecule has 0 spiro atoms. The van der Waals surface area contributed by atoms with E-state index in [1.165, 1.54) is 10.5 Å². The van der Waals surface area contributed by atoms with Crippen molar-refractivity contribution >= 4 is 6.09 Å². The number of likely N-dealkylation sites (tertiary alicyclic amines) is 2. The summed E-state index contributed by atoms with van der Waals surface area (Å²) in [6, 6.07) is 10.2. The van der Waals surface area contributed by atoms with Crippen molar-refractivity contribution in [1.82, 2.24) is 14.8 Å². The Bertz CT molecular complexity index is 995. The summed E-state index contributed by atoms with van der Waals surface area (Å²) in [4.78, 5) is 19.2. The molecule has 0 radical (unpaired) electrons. The first-order valence-corrected chi connectivity index (χ1v) is 12.2. The SMILES string of the molecule is CC(C)c1ccc([C@](O)(c2cncc(OCC3CCN(C(=O)O)CC3)c2)C2(C)CN(C)C2)cc1. The number of benzene rings is 1. The minimum atomic E-state index is -1.20. The number of aromatic nitrogens is 1. The average Bonchev–Trinajstić information content (AvgIpc) is 2.81. The number of carbonyl (C=O) groups is 1. The summed E-state index contributed by atoms with van der Waals surface area (Å²) < 4.78 is 6.10. The maximum absolute atomic E-state index is 12.3. The standard InChI is InChI=1S/C27H37N3O4/c1-19(2)21-5-7-22(8-6-21)27(33,26(3)17-29(4)18-26)23-13-24(15-28-14-23)34-16-20-9-11-30(12-10-20)25(31)32/h5-8,13-15,19-20,33H,9-12,16-18H2,1-4H3,(H,31,32)/t27-/m0/s1. The van der Waals surface area contributed by atoms with Crippen molar-refractivity contribution in [3.8, 4) is 5.75 Å². The van der Waals surface area contributed by atoms with Crippen LogP contribution < -0.4 is 4.74 Å². The molecule has 2 N–H and O–H groups in total. The normalized spacial score (nSPS) is 20.6. The fourth-order valence-corrected chi connectivity index (χ4v) is 5.55. The zero-order chi connectivity index (χ0) is 24.5. The third-order valence-electron chi connectivity index (χ3n) is 7.61. The maximum atomic E-state index is 12.3. The first kappa shape index (κ1) is 24.5. The number of aliphatic hydroxyl groups is 1. The first-order valence-electron chi connectivity index (χ1n) is 12.2. The fraction of sp³-hybridized carbons (Fsp3) is 0.556. The van der Waals surface area contributed by atoms with Crippen LogP contribution in [-0.4, -0.2) is 70.9 Å². The monoisotopic (exact) mass is 467 g/mol. The van der Waals surface area contributed by atoms with E-state index in [2.05, 4.69) is 49.8 Å². The quantitative estimate of drug-likeness (QED) is 0.636. The van der Waals surface area contributed by atoms with Gasteiger partial charge in [-0.15, -0.1) is 0 Å². The van der Waals surface area contributed by atoms with E-state index in [1.807, 2.05) is 18.2 Å². The predicted octanol–water partition coefficient (Wildman–Crippen LogP) is 4.16. The molecule has 0 unspecified atom stereocenters. The summed E-state index contributed by atoms with van der Waals surface area (Å²) in [6.07, 6.45) is 4.16. The molecule has 2 aliphatic rings. The Kier molecular flexibility index (Phi) is 6.87. The summed E-state index contributed by atoms with van der Waals surface area (Å²) in [6.45, 7) is 9.62. The van der Waals surface area contributed by atoms with Gasteiger partial charge in [0, 0.05) is 43.4 Å². The molecule has 1 aromatic heterocycles. The molecule has 3 heterocycles. The van der Waals surface area contributed by atoms with Crippen LogP contribution >= 0.6 is 0 Å². The van der Waals surface area contributed by atoms with Gasteiger partial charge in [-0.3, -0.25) is 4.98 Å². The van der Waals surface area contributed by atoms with Gasteiger partial charge < -0.3 is 24.7 Å². The fourth-order valence-electron chi connectivity index (χ4n) is 5.55. The van der Waals surface area contributed by atoms with E-state index >= 15 is 0 Å². The zero-order valence-corrected chi connectivity index (χ0v) is 20.7. The molecule has 7 heteroatoms. The van der Waals surface area contributed by atoms with Crippen molar-refractivity contribution < 1.29 is 19.7 Å². The van der Waals surface area contributed by atoms with Crippen LogP contribution in [0.5, 0.6) is 5.75 Å². The second kappa shape index (κ2) is 9.55. The number of piperidine rings is 1. The maximum Gasteiger partial charge on any atom is 0.407 e. The molecule has 34 heavy (non-hydrogen) atoms. The molecule has 2 aromatic rings. The summed E-state index contributed by atoms with van der Waals surface area (Å²) in [5.41, 5.74) is 1.29. The summed E-state index contributed by atoms with van der Waals surface area (Å²) in [5.74, 6) is 1.36. The van der Waals surface area contributed by atoms with Gasteiger partial charge in [0.1, 0.15) is 11.4 Å². The number of nitrogens with zero attached hydrogens (tertiary/aromatic N) is 3. The Morgan fingerprint density at radius 2 is 1.82 bits per heavy atom. The van der Waals surface area contributed by atoms with Crippen molar-refractivity contribution in [2.24, 2.45) is 11.3 Å². The van der Waals surface area contributed by atoms with Crippen molar-refractivity contribution in [3.05, 3.63) is 59.4 Å². The van der Waals surface area contributed by atoms with Gasteiger partial charge in [0.2, 0.25) is 0 Å². The molecule has 0 aliphatic carbocycles. The van der Waals surface area contributed by atoms with Gasteiger partial charge in [0.05, 0.1) is 12.8 Å². The van der Waals surface area contributed by atoms with Crippen molar-refractivity contribution in [1.29, 1.82) is 0 Å².